The second-order valence-electron chi connectivity index (χ2n) is 8.55. The number of benzene rings is 3. The fourth-order valence-corrected chi connectivity index (χ4v) is 5.17. The van der Waals surface area contributed by atoms with E-state index in [-0.39, 0.29) is 18.3 Å². The van der Waals surface area contributed by atoms with Gasteiger partial charge in [0.1, 0.15) is 0 Å². The molecule has 0 bridgehead atoms. The van der Waals surface area contributed by atoms with Crippen molar-refractivity contribution in [3.63, 3.8) is 0 Å². The fraction of sp³-hybridized carbons (Fsp3) is 0.167. The number of halogens is 1. The number of aryl methyl sites for hydroxylation is 1. The van der Waals surface area contributed by atoms with Crippen LogP contribution in [0.4, 0.5) is 5.69 Å². The average molecular weight is 544 g/mol. The predicted octanol–water partition coefficient (Wildman–Crippen LogP) is 6.42. The summed E-state index contributed by atoms with van der Waals surface area (Å²) >= 11 is 7.35. The lowest BCUT2D eigenvalue weighted by molar-refractivity contribution is -0.138. The van der Waals surface area contributed by atoms with Gasteiger partial charge in [-0.25, -0.2) is 4.79 Å². The highest BCUT2D eigenvalue weighted by atomic mass is 35.5. The maximum Gasteiger partial charge on any atom is 0.337 e. The molecule has 192 valence electrons. The molecule has 3 aromatic carbocycles. The summed E-state index contributed by atoms with van der Waals surface area (Å²) in [5.41, 5.74) is 4.39. The third kappa shape index (κ3) is 6.28. The Balaban J connectivity index is 1.75. The van der Waals surface area contributed by atoms with Gasteiger partial charge < -0.3 is 15.4 Å². The number of thioether (sulfide) groups is 1. The molecule has 0 saturated heterocycles. The molecule has 4 rings (SSSR count). The Morgan fingerprint density at radius 2 is 1.82 bits per heavy atom. The lowest BCUT2D eigenvalue weighted by Crippen LogP contribution is -2.29. The first kappa shape index (κ1) is 27.1. The highest BCUT2D eigenvalue weighted by molar-refractivity contribution is 8.03. The fourth-order valence-electron chi connectivity index (χ4n) is 4.20. The van der Waals surface area contributed by atoms with Gasteiger partial charge in [0.05, 0.1) is 46.2 Å². The van der Waals surface area contributed by atoms with Crippen LogP contribution in [0.5, 0.6) is 0 Å². The quantitative estimate of drug-likeness (QED) is 0.319. The molecule has 3 aromatic rings. The van der Waals surface area contributed by atoms with Crippen molar-refractivity contribution in [2.24, 2.45) is 0 Å². The van der Waals surface area contributed by atoms with Gasteiger partial charge in [-0.15, -0.1) is 0 Å². The van der Waals surface area contributed by atoms with Crippen molar-refractivity contribution in [2.45, 2.75) is 19.8 Å². The first-order valence-corrected chi connectivity index (χ1v) is 13.4. The second-order valence-corrected chi connectivity index (χ2v) is 9.97. The lowest BCUT2D eigenvalue weighted by atomic mass is 9.81. The van der Waals surface area contributed by atoms with Gasteiger partial charge in [0.25, 0.3) is 0 Å². The van der Waals surface area contributed by atoms with Crippen LogP contribution in [0.1, 0.15) is 29.5 Å². The van der Waals surface area contributed by atoms with Gasteiger partial charge in [0.15, 0.2) is 0 Å². The van der Waals surface area contributed by atoms with E-state index in [1.54, 1.807) is 31.2 Å². The maximum atomic E-state index is 13.3. The number of anilines is 1. The first-order chi connectivity index (χ1) is 18.4. The van der Waals surface area contributed by atoms with E-state index >= 15 is 0 Å². The molecule has 1 heterocycles. The molecule has 0 spiro atoms. The van der Waals surface area contributed by atoms with Crippen LogP contribution in [0.2, 0.25) is 5.02 Å². The molecule has 1 aliphatic rings. The van der Waals surface area contributed by atoms with Gasteiger partial charge in [-0.05, 0) is 54.8 Å². The van der Waals surface area contributed by atoms with Gasteiger partial charge in [-0.3, -0.25) is 4.79 Å². The minimum absolute atomic E-state index is 0.0611. The highest BCUT2D eigenvalue weighted by Gasteiger charge is 2.37. The number of nitriles is 1. The van der Waals surface area contributed by atoms with Crippen LogP contribution in [0.15, 0.2) is 95.0 Å². The zero-order chi connectivity index (χ0) is 27.1. The zero-order valence-corrected chi connectivity index (χ0v) is 22.5. The number of amides is 1. The van der Waals surface area contributed by atoms with Crippen molar-refractivity contribution < 1.29 is 14.3 Å². The van der Waals surface area contributed by atoms with E-state index < -0.39 is 11.9 Å². The average Bonchev–Trinajstić information content (AvgIpc) is 2.92. The summed E-state index contributed by atoms with van der Waals surface area (Å²) in [7, 11) is 0. The Hall–Kier alpha value is -3.99. The van der Waals surface area contributed by atoms with E-state index in [0.717, 1.165) is 11.1 Å². The summed E-state index contributed by atoms with van der Waals surface area (Å²) in [5, 5.41) is 17.5. The molecule has 1 atom stereocenters. The molecule has 0 unspecified atom stereocenters. The van der Waals surface area contributed by atoms with Crippen LogP contribution in [-0.2, 0) is 14.3 Å². The van der Waals surface area contributed by atoms with Crippen molar-refractivity contribution >= 4 is 46.6 Å². The molecular weight excluding hydrogens is 518 g/mol. The van der Waals surface area contributed by atoms with E-state index in [4.69, 9.17) is 16.3 Å². The number of hydrogen-bond acceptors (Lipinski definition) is 6. The number of carbonyl (C=O) groups is 2. The minimum atomic E-state index is -0.713. The predicted molar refractivity (Wildman–Crippen MR) is 152 cm³/mol. The number of dihydropyridines is 1. The lowest BCUT2D eigenvalue weighted by Gasteiger charge is -2.30. The van der Waals surface area contributed by atoms with Crippen molar-refractivity contribution in [1.82, 2.24) is 5.32 Å². The standard InChI is InChI=1S/C30H26ClN3O3S/c1-3-37-30(36)27-26(20-12-14-22(31)15-13-20)24(17-32)29(34-28(27)21-9-5-4-6-10-21)38-18-25(35)33-23-11-7-8-19(2)16-23/h4-16,26,34H,3,18H2,1-2H3,(H,33,35)/t26-/m0/s1. The van der Waals surface area contributed by atoms with E-state index in [2.05, 4.69) is 16.7 Å². The molecule has 0 fully saturated rings. The van der Waals surface area contributed by atoms with Crippen molar-refractivity contribution in [1.29, 1.82) is 5.26 Å². The van der Waals surface area contributed by atoms with Gasteiger partial charge >= 0.3 is 5.97 Å². The minimum Gasteiger partial charge on any atom is -0.463 e. The van der Waals surface area contributed by atoms with E-state index in [9.17, 15) is 14.9 Å². The topological polar surface area (TPSA) is 91.2 Å². The van der Waals surface area contributed by atoms with Crippen molar-refractivity contribution in [2.75, 3.05) is 17.7 Å². The molecule has 6 nitrogen and oxygen atoms in total. The van der Waals surface area contributed by atoms with Crippen LogP contribution in [0, 0.1) is 18.3 Å². The van der Waals surface area contributed by atoms with Crippen molar-refractivity contribution in [3.8, 4) is 6.07 Å². The number of hydrogen-bond donors (Lipinski definition) is 2. The Kier molecular flexibility index (Phi) is 8.90. The highest BCUT2D eigenvalue weighted by Crippen LogP contribution is 2.43. The number of nitrogens with one attached hydrogen (secondary N) is 2. The van der Waals surface area contributed by atoms with Crippen LogP contribution in [0.3, 0.4) is 0 Å². The summed E-state index contributed by atoms with van der Waals surface area (Å²) < 4.78 is 5.45. The summed E-state index contributed by atoms with van der Waals surface area (Å²) in [4.78, 5) is 26.1. The first-order valence-electron chi connectivity index (χ1n) is 12.0. The number of carbonyl (C=O) groups excluding carboxylic acids is 2. The van der Waals surface area contributed by atoms with Crippen LogP contribution in [-0.4, -0.2) is 24.2 Å². The summed E-state index contributed by atoms with van der Waals surface area (Å²) in [6.07, 6.45) is 0. The number of esters is 1. The Morgan fingerprint density at radius 1 is 1.08 bits per heavy atom. The summed E-state index contributed by atoms with van der Waals surface area (Å²) in [5.74, 6) is -1.38. The Morgan fingerprint density at radius 3 is 2.47 bits per heavy atom. The molecule has 0 radical (unpaired) electrons. The molecular formula is C30H26ClN3O3S. The van der Waals surface area contributed by atoms with Crippen LogP contribution < -0.4 is 10.6 Å². The normalized spacial score (nSPS) is 14.9. The van der Waals surface area contributed by atoms with Crippen molar-refractivity contribution in [3.05, 3.63) is 117 Å². The largest absolute Gasteiger partial charge is 0.463 e. The number of ether oxygens (including phenoxy) is 1. The second kappa shape index (κ2) is 12.5. The molecule has 38 heavy (non-hydrogen) atoms. The number of allylic oxidation sites excluding steroid dienone is 1. The molecule has 8 heteroatoms. The third-order valence-electron chi connectivity index (χ3n) is 5.86. The molecule has 1 aliphatic heterocycles. The van der Waals surface area contributed by atoms with E-state index in [1.165, 1.54) is 11.8 Å². The summed E-state index contributed by atoms with van der Waals surface area (Å²) in [6.45, 7) is 3.88. The van der Waals surface area contributed by atoms with Gasteiger partial charge in [-0.2, -0.15) is 5.26 Å². The van der Waals surface area contributed by atoms with Crippen LogP contribution in [0.25, 0.3) is 5.70 Å². The van der Waals surface area contributed by atoms with Gasteiger partial charge in [0, 0.05) is 10.7 Å². The monoisotopic (exact) mass is 543 g/mol. The maximum absolute atomic E-state index is 13.3. The SMILES string of the molecule is CCOC(=O)C1=C(c2ccccc2)NC(SCC(=O)Nc2cccc(C)c2)=C(C#N)[C@@H]1c1ccc(Cl)cc1. The van der Waals surface area contributed by atoms with E-state index in [1.807, 2.05) is 61.5 Å². The van der Waals surface area contributed by atoms with Gasteiger partial charge in [0.2, 0.25) is 5.91 Å². The van der Waals surface area contributed by atoms with E-state index in [0.29, 0.717) is 38.1 Å². The Labute approximate surface area is 231 Å². The van der Waals surface area contributed by atoms with Crippen LogP contribution >= 0.6 is 23.4 Å². The molecule has 0 aromatic heterocycles. The molecule has 0 aliphatic carbocycles. The third-order valence-corrected chi connectivity index (χ3v) is 7.13. The zero-order valence-electron chi connectivity index (χ0n) is 21.0. The number of nitrogens with zero attached hydrogens (tertiary/aromatic N) is 1. The molecule has 1 amide bonds. The number of rotatable bonds is 8. The molecule has 2 N–H and O–H groups in total. The molecule has 0 saturated carbocycles. The van der Waals surface area contributed by atoms with Gasteiger partial charge in [-0.1, -0.05) is 78.0 Å². The summed E-state index contributed by atoms with van der Waals surface area (Å²) in [6, 6.07) is 26.3. The Bertz CT molecular complexity index is 1440. The smallest absolute Gasteiger partial charge is 0.337 e.